The number of halogens is 8. The van der Waals surface area contributed by atoms with E-state index in [1.165, 1.54) is 17.3 Å². The average Bonchev–Trinajstić information content (AvgIpc) is 1.50. The third-order valence-corrected chi connectivity index (χ3v) is 19.2. The molecule has 1 fully saturated rings. The van der Waals surface area contributed by atoms with Crippen LogP contribution in [0.15, 0.2) is 85.7 Å². The lowest BCUT2D eigenvalue weighted by molar-refractivity contribution is -0.156. The molecular weight excluding hydrogens is 1710 g/mol. The number of hydrogen-bond acceptors (Lipinski definition) is 28. The van der Waals surface area contributed by atoms with E-state index in [1.54, 1.807) is 99.6 Å². The van der Waals surface area contributed by atoms with E-state index in [4.69, 9.17) is 111 Å². The normalized spacial score (nSPS) is 12.8. The highest BCUT2D eigenvalue weighted by Gasteiger charge is 2.46. The van der Waals surface area contributed by atoms with Gasteiger partial charge in [0.1, 0.15) is 9.21 Å². The molecule has 1 unspecified atom stereocenters. The predicted molar refractivity (Wildman–Crippen MR) is 432 cm³/mol. The molecule has 0 saturated carbocycles. The molecule has 602 valence electrons. The third kappa shape index (κ3) is 26.9. The SMILES string of the molecule is CC(N)CN.CCOC(=O)C(=O)C(C)=O.CCOC(=O)c1nc(-c2cccc(Cl)c2Cl)c(C)nc1Cl.CCOC(=O)c1nc(-c2cccc(Cl)c2Cl)c(C)nc1N1CCC2(CC1)Cc1ccccc1[C@H]2N.CCOC(=O)c1nc(Br)c(C)[nH]c1=O.CCOC(=O)c1nc(Br)c(C)nc1Cl.CCOC(=O)c1ncc(C)[nH]c1=O. The summed E-state index contributed by atoms with van der Waals surface area (Å²) in [7, 11) is 0. The Hall–Kier alpha value is -8.80. The van der Waals surface area contributed by atoms with Crippen molar-refractivity contribution in [3.8, 4) is 22.5 Å². The molecule has 5 aromatic heterocycles. The van der Waals surface area contributed by atoms with Gasteiger partial charge in [-0.1, -0.05) is 118 Å². The summed E-state index contributed by atoms with van der Waals surface area (Å²) in [4.78, 5) is 152. The second-order valence-electron chi connectivity index (χ2n) is 23.8. The van der Waals surface area contributed by atoms with Gasteiger partial charge in [0.25, 0.3) is 11.1 Å². The maximum absolute atomic E-state index is 13.0. The van der Waals surface area contributed by atoms with E-state index >= 15 is 0 Å². The van der Waals surface area contributed by atoms with E-state index < -0.39 is 58.5 Å². The lowest BCUT2D eigenvalue weighted by Gasteiger charge is -2.42. The zero-order valence-electron chi connectivity index (χ0n) is 63.3. The van der Waals surface area contributed by atoms with Crippen molar-refractivity contribution < 1.29 is 66.8 Å². The number of ether oxygens (including phenoxy) is 6. The summed E-state index contributed by atoms with van der Waals surface area (Å²) in [5.41, 5.74) is 23.5. The molecule has 1 saturated heterocycles. The minimum atomic E-state index is -1.10. The van der Waals surface area contributed by atoms with Crippen LogP contribution in [0.1, 0.15) is 166 Å². The van der Waals surface area contributed by atoms with Crippen LogP contribution >= 0.6 is 101 Å². The van der Waals surface area contributed by atoms with Gasteiger partial charge in [0.2, 0.25) is 17.2 Å². The summed E-state index contributed by atoms with van der Waals surface area (Å²) in [6.45, 7) is 25.0. The summed E-state index contributed by atoms with van der Waals surface area (Å²) in [6.07, 6.45) is 4.22. The zero-order valence-corrected chi connectivity index (χ0v) is 71.0. The predicted octanol–water partition coefficient (Wildman–Crippen LogP) is 13.0. The Balaban J connectivity index is 0.000000297. The summed E-state index contributed by atoms with van der Waals surface area (Å²) in [5.74, 6) is -5.52. The molecule has 30 nitrogen and oxygen atoms in total. The lowest BCUT2D eigenvalue weighted by Crippen LogP contribution is -2.45. The van der Waals surface area contributed by atoms with Gasteiger partial charge in [0.15, 0.2) is 33.2 Å². The topological polar surface area (TPSA) is 442 Å². The first kappa shape index (κ1) is 95.6. The molecule has 10 rings (SSSR count). The average molecular weight is 1800 g/mol. The molecule has 0 amide bonds. The van der Waals surface area contributed by atoms with Crippen LogP contribution in [0.5, 0.6) is 0 Å². The number of carbonyl (C=O) groups is 8. The summed E-state index contributed by atoms with van der Waals surface area (Å²) in [5, 5.41) is 1.58. The van der Waals surface area contributed by atoms with Gasteiger partial charge in [-0.25, -0.2) is 68.6 Å². The third-order valence-electron chi connectivity index (χ3n) is 15.6. The van der Waals surface area contributed by atoms with Gasteiger partial charge < -0.3 is 60.5 Å². The van der Waals surface area contributed by atoms with Crippen molar-refractivity contribution in [3.63, 3.8) is 0 Å². The van der Waals surface area contributed by atoms with Crippen LogP contribution in [-0.2, 0) is 49.2 Å². The number of hydrogen-bond donors (Lipinski definition) is 5. The maximum Gasteiger partial charge on any atom is 0.382 e. The maximum atomic E-state index is 13.0. The molecule has 8 N–H and O–H groups in total. The molecule has 1 spiro atoms. The van der Waals surface area contributed by atoms with E-state index in [2.05, 4.69) is 115 Å². The van der Waals surface area contributed by atoms with Gasteiger partial charge in [-0.2, -0.15) is 0 Å². The number of aromatic nitrogens is 10. The number of aryl methyl sites for hydroxylation is 5. The Kier molecular flexibility index (Phi) is 39.6. The van der Waals surface area contributed by atoms with E-state index in [0.29, 0.717) is 92.6 Å². The fraction of sp³-hybridized carbons (Fsp3) is 0.378. The highest BCUT2D eigenvalue weighted by Crippen LogP contribution is 2.51. The lowest BCUT2D eigenvalue weighted by atomic mass is 9.73. The van der Waals surface area contributed by atoms with E-state index in [-0.39, 0.29) is 95.9 Å². The number of nitrogens with one attached hydrogen (secondary N) is 2. The van der Waals surface area contributed by atoms with Crippen molar-refractivity contribution in [1.82, 2.24) is 49.8 Å². The molecule has 0 bridgehead atoms. The van der Waals surface area contributed by atoms with E-state index in [9.17, 15) is 47.9 Å². The minimum Gasteiger partial charge on any atom is -0.461 e. The van der Waals surface area contributed by atoms with Gasteiger partial charge in [-0.3, -0.25) is 19.2 Å². The summed E-state index contributed by atoms with van der Waals surface area (Å²) < 4.78 is 29.5. The molecule has 2 atom stereocenters. The summed E-state index contributed by atoms with van der Waals surface area (Å²) >= 11 is 42.8. The molecule has 6 heterocycles. The Labute approximate surface area is 692 Å². The van der Waals surface area contributed by atoms with Gasteiger partial charge in [0.05, 0.1) is 88.2 Å². The standard InChI is InChI=1S/C27H28Cl2N4O2.C14H11Cl3N2O2.C8H8BrClN2O2.C8H9BrN2O3.C8H10N2O3.C6H8O4.C3H10N2/c1-3-35-26(34)23-25(31-16(2)22(32-23)19-9-6-10-20(28)21(19)29)33-13-11-27(12-14-33)15-17-7-4-5-8-18(17)24(27)30;1-3-21-14(20)12-13(17)18-7(2)11(19-12)8-5-4-6-9(15)10(8)16;1-3-14-8(13)5-7(10)11-4(2)6(9)12-5;1-3-14-8(13)5-7(12)10-4(2)6(9)11-5;1-3-13-8(12)6-7(11)10-5(2)4-9-6;1-3-10-6(9)5(8)4(2)7;1-3(5)2-4/h4-10,24H,3,11-15,30H2,1-2H3;4-6H,3H2,1-2H3;3H2,1-2H3;3H2,1-2H3,(H,10,12);4H,3H2,1-2H3,(H,10,11);3H2,1-2H3;3H,2,4-5H2,1H3/t24-;;;;;;/m1....../s1. The Morgan fingerprint density at radius 2 is 0.973 bits per heavy atom. The highest BCUT2D eigenvalue weighted by atomic mass is 79.9. The second-order valence-corrected chi connectivity index (χ2v) is 27.6. The number of rotatable bonds is 17. The molecule has 1 aliphatic heterocycles. The second kappa shape index (κ2) is 46.4. The fourth-order valence-electron chi connectivity index (χ4n) is 10.1. The van der Waals surface area contributed by atoms with Gasteiger partial charge >= 0.3 is 41.6 Å². The van der Waals surface area contributed by atoms with Crippen molar-refractivity contribution in [2.45, 2.75) is 121 Å². The van der Waals surface area contributed by atoms with E-state index in [0.717, 1.165) is 39.3 Å². The molecule has 2 aliphatic rings. The van der Waals surface area contributed by atoms with Gasteiger partial charge in [-0.05, 0) is 163 Å². The van der Waals surface area contributed by atoms with Crippen LogP contribution in [0, 0.1) is 40.0 Å². The number of aromatic amines is 2. The molecular formula is C74H84Br2Cl6N14O16. The Morgan fingerprint density at radius 1 is 0.554 bits per heavy atom. The van der Waals surface area contributed by atoms with Crippen molar-refractivity contribution in [2.24, 2.45) is 22.6 Å². The van der Waals surface area contributed by atoms with Crippen LogP contribution in [-0.4, -0.2) is 163 Å². The molecule has 1 aliphatic carbocycles. The number of benzene rings is 3. The zero-order chi connectivity index (χ0) is 84.0. The highest BCUT2D eigenvalue weighted by molar-refractivity contribution is 9.10. The Bertz CT molecular complexity index is 4820. The molecule has 0 radical (unpaired) electrons. The molecule has 38 heteroatoms. The van der Waals surface area contributed by atoms with Gasteiger partial charge in [-0.15, -0.1) is 0 Å². The summed E-state index contributed by atoms with van der Waals surface area (Å²) in [6, 6.07) is 19.1. The first-order chi connectivity index (χ1) is 52.9. The van der Waals surface area contributed by atoms with E-state index in [1.807, 2.05) is 19.9 Å². The molecule has 3 aromatic carbocycles. The van der Waals surface area contributed by atoms with Crippen LogP contribution in [0.3, 0.4) is 0 Å². The van der Waals surface area contributed by atoms with Crippen LogP contribution in [0.4, 0.5) is 5.82 Å². The first-order valence-electron chi connectivity index (χ1n) is 34.4. The number of carbonyl (C=O) groups excluding carboxylic acids is 8. The Morgan fingerprint density at radius 3 is 1.44 bits per heavy atom. The largest absolute Gasteiger partial charge is 0.461 e. The quantitative estimate of drug-likeness (QED) is 0.0245. The number of anilines is 1. The van der Waals surface area contributed by atoms with Crippen LogP contribution in [0.25, 0.3) is 22.5 Å². The number of nitrogens with zero attached hydrogens (tertiary/aromatic N) is 9. The number of fused-ring (bicyclic) bond motifs is 1. The van der Waals surface area contributed by atoms with Crippen LogP contribution in [0.2, 0.25) is 30.4 Å². The number of esters is 6. The van der Waals surface area contributed by atoms with Gasteiger partial charge in [0, 0.05) is 67.4 Å². The molecule has 112 heavy (non-hydrogen) atoms. The van der Waals surface area contributed by atoms with Crippen molar-refractivity contribution in [3.05, 3.63) is 195 Å². The minimum absolute atomic E-state index is 0.00662. The monoisotopic (exact) mass is 1790 g/mol. The number of H-pyrrole nitrogens is 2. The number of ketones is 2. The molecule has 8 aromatic rings. The smallest absolute Gasteiger partial charge is 0.382 e. The van der Waals surface area contributed by atoms with Crippen molar-refractivity contribution in [1.29, 1.82) is 0 Å². The number of piperidine rings is 1. The van der Waals surface area contributed by atoms with Crippen molar-refractivity contribution in [2.75, 3.05) is 64.2 Å². The number of Topliss-reactive ketones (excluding diaryl/α,β-unsaturated/α-hetero) is 2. The fourth-order valence-corrected chi connectivity index (χ4v) is 11.9. The number of nitrogens with two attached hydrogens (primary N) is 3. The van der Waals surface area contributed by atoms with Crippen molar-refractivity contribution >= 4 is 155 Å². The van der Waals surface area contributed by atoms with Crippen LogP contribution < -0.4 is 33.2 Å². The first-order valence-corrected chi connectivity index (χ1v) is 38.2.